The number of hydrogen-bond donors (Lipinski definition) is 3. The van der Waals surface area contributed by atoms with E-state index in [0.29, 0.717) is 34.4 Å². The zero-order valence-electron chi connectivity index (χ0n) is 22.0. The molecule has 0 atom stereocenters. The van der Waals surface area contributed by atoms with Crippen LogP contribution in [0.15, 0.2) is 83.2 Å². The largest absolute Gasteiger partial charge is 0.381 e. The third-order valence-electron chi connectivity index (χ3n) is 5.72. The second-order valence-corrected chi connectivity index (χ2v) is 8.36. The van der Waals surface area contributed by atoms with Gasteiger partial charge in [-0.05, 0) is 36.3 Å². The number of carbonyl (C=O) groups is 1. The van der Waals surface area contributed by atoms with Crippen LogP contribution < -0.4 is 17.0 Å². The summed E-state index contributed by atoms with van der Waals surface area (Å²) < 4.78 is 3.05. The monoisotopic (exact) mass is 533 g/mol. The second kappa shape index (κ2) is 12.2. The molecular weight excluding hydrogens is 506 g/mol. The fraction of sp³-hybridized carbons (Fsp3) is 0.103. The minimum atomic E-state index is -0.646. The fourth-order valence-corrected chi connectivity index (χ4v) is 3.96. The molecule has 0 aliphatic rings. The van der Waals surface area contributed by atoms with E-state index in [9.17, 15) is 9.59 Å². The number of para-hydroxylation sites is 1. The minimum absolute atomic E-state index is 0.0798. The van der Waals surface area contributed by atoms with E-state index in [1.54, 1.807) is 23.9 Å². The summed E-state index contributed by atoms with van der Waals surface area (Å²) in [6.45, 7) is 5.46. The Labute approximate surface area is 229 Å². The maximum absolute atomic E-state index is 13.3. The number of fused-ring (bicyclic) bond motifs is 1. The molecule has 11 nitrogen and oxygen atoms in total. The summed E-state index contributed by atoms with van der Waals surface area (Å²) in [5.74, 6) is 6.57. The Morgan fingerprint density at radius 2 is 1.93 bits per heavy atom. The minimum Gasteiger partial charge on any atom is -0.381 e. The first-order chi connectivity index (χ1) is 19.3. The zero-order chi connectivity index (χ0) is 28.6. The van der Waals surface area contributed by atoms with Gasteiger partial charge in [-0.1, -0.05) is 49.8 Å². The molecule has 0 unspecified atom stereocenters. The van der Waals surface area contributed by atoms with Crippen molar-refractivity contribution in [1.82, 2.24) is 29.5 Å². The average Bonchev–Trinajstić information content (AvgIpc) is 3.58. The zero-order valence-corrected chi connectivity index (χ0v) is 22.0. The number of aryl methyl sites for hydroxylation is 2. The van der Waals surface area contributed by atoms with Crippen LogP contribution in [0.2, 0.25) is 0 Å². The topological polar surface area (TPSA) is 163 Å². The van der Waals surface area contributed by atoms with Crippen molar-refractivity contribution in [3.8, 4) is 17.5 Å². The van der Waals surface area contributed by atoms with Crippen LogP contribution in [0.1, 0.15) is 34.4 Å². The van der Waals surface area contributed by atoms with Gasteiger partial charge in [0.25, 0.3) is 11.5 Å². The number of H-pyrrole nitrogens is 1. The summed E-state index contributed by atoms with van der Waals surface area (Å²) in [6.07, 6.45) is 5.21. The highest BCUT2D eigenvalue weighted by Crippen LogP contribution is 2.23. The number of carbonyl (C=O) groups excluding carboxylic acids is 1. The maximum atomic E-state index is 13.3. The lowest BCUT2D eigenvalue weighted by Gasteiger charge is -2.13. The number of hydrogen-bond acceptors (Lipinski definition) is 7. The molecule has 2 aromatic carbocycles. The molecule has 0 aliphatic heterocycles. The number of anilines is 1. The van der Waals surface area contributed by atoms with Crippen molar-refractivity contribution >= 4 is 34.7 Å². The van der Waals surface area contributed by atoms with Crippen LogP contribution in [0.25, 0.3) is 16.6 Å². The van der Waals surface area contributed by atoms with E-state index >= 15 is 0 Å². The van der Waals surface area contributed by atoms with Crippen molar-refractivity contribution < 1.29 is 4.79 Å². The fourth-order valence-electron chi connectivity index (χ4n) is 3.96. The first-order valence-electron chi connectivity index (χ1n) is 12.2. The quantitative estimate of drug-likeness (QED) is 0.232. The number of nitrogens with zero attached hydrogens (tertiary/aromatic N) is 6. The van der Waals surface area contributed by atoms with E-state index in [1.807, 2.05) is 55.5 Å². The van der Waals surface area contributed by atoms with Crippen LogP contribution in [0.3, 0.4) is 0 Å². The van der Waals surface area contributed by atoms with Gasteiger partial charge in [0.1, 0.15) is 17.1 Å². The Kier molecular flexibility index (Phi) is 8.31. The molecule has 0 radical (unpaired) electrons. The Hall–Kier alpha value is -5.76. The highest BCUT2D eigenvalue weighted by Gasteiger charge is 2.17. The number of nitrogen functional groups attached to an aromatic ring is 1. The first kappa shape index (κ1) is 27.3. The number of nitrogens with one attached hydrogen (secondary N) is 1. The third kappa shape index (κ3) is 5.71. The Morgan fingerprint density at radius 3 is 2.58 bits per heavy atom. The van der Waals surface area contributed by atoms with Crippen molar-refractivity contribution in [2.24, 2.45) is 17.8 Å². The average molecular weight is 534 g/mol. The van der Waals surface area contributed by atoms with Crippen LogP contribution in [-0.2, 0) is 13.5 Å². The molecule has 0 aliphatic carbocycles. The normalized spacial score (nSPS) is 10.6. The predicted octanol–water partition coefficient (Wildman–Crippen LogP) is 3.06. The SMILES string of the molecule is C=C/C=N\c1c(C(N)=O)c(N)nn1C.CCc1nc2cccc(C#Cc3ccn[nH]3)c2c(=O)n1-c1ccccc1. The number of aliphatic imine (C=N–C) groups is 1. The van der Waals surface area contributed by atoms with Crippen molar-refractivity contribution in [3.05, 3.63) is 106 Å². The molecule has 0 bridgehead atoms. The molecule has 1 amide bonds. The summed E-state index contributed by atoms with van der Waals surface area (Å²) in [7, 11) is 1.62. The Balaban J connectivity index is 0.000000224. The molecule has 0 fully saturated rings. The number of primary amides is 1. The van der Waals surface area contributed by atoms with Crippen LogP contribution >= 0.6 is 0 Å². The van der Waals surface area contributed by atoms with Crippen molar-refractivity contribution in [1.29, 1.82) is 0 Å². The van der Waals surface area contributed by atoms with Gasteiger partial charge in [-0.3, -0.25) is 19.3 Å². The van der Waals surface area contributed by atoms with Crippen LogP contribution in [-0.4, -0.2) is 41.7 Å². The second-order valence-electron chi connectivity index (χ2n) is 8.36. The molecular formula is C29H27N9O2. The van der Waals surface area contributed by atoms with E-state index in [2.05, 4.69) is 38.7 Å². The predicted molar refractivity (Wildman–Crippen MR) is 156 cm³/mol. The van der Waals surface area contributed by atoms with Gasteiger partial charge in [0.15, 0.2) is 11.6 Å². The maximum Gasteiger partial charge on any atom is 0.267 e. The summed E-state index contributed by atoms with van der Waals surface area (Å²) in [4.78, 5) is 33.0. The number of amides is 1. The summed E-state index contributed by atoms with van der Waals surface area (Å²) >= 11 is 0. The highest BCUT2D eigenvalue weighted by atomic mass is 16.1. The number of rotatable bonds is 5. The highest BCUT2D eigenvalue weighted by molar-refractivity contribution is 6.02. The van der Waals surface area contributed by atoms with Gasteiger partial charge in [-0.25, -0.2) is 14.7 Å². The molecule has 40 heavy (non-hydrogen) atoms. The Bertz CT molecular complexity index is 1820. The lowest BCUT2D eigenvalue weighted by Crippen LogP contribution is -2.24. The Morgan fingerprint density at radius 1 is 1.15 bits per heavy atom. The molecule has 5 aromatic rings. The molecule has 11 heteroatoms. The van der Waals surface area contributed by atoms with Crippen LogP contribution in [0, 0.1) is 11.8 Å². The number of nitrogens with two attached hydrogens (primary N) is 2. The molecule has 5 N–H and O–H groups in total. The standard InChI is InChI=1S/C21H16N4O.C8H11N5O/c1-2-19-23-18-10-6-7-15(11-12-16-13-14-22-24-16)20(18)21(26)25(19)17-8-4-3-5-9-17;1-3-4-11-8-5(7(10)14)6(9)12-13(8)2/h3-10,13-14H,2H2,1H3,(H,22,24);3-4H,1H2,2H3,(H2,9,12)(H2,10,14)/b;11-4-. The van der Waals surface area contributed by atoms with Gasteiger partial charge in [0.05, 0.1) is 16.6 Å². The number of aromatic amines is 1. The van der Waals surface area contributed by atoms with Crippen molar-refractivity contribution in [3.63, 3.8) is 0 Å². The first-order valence-corrected chi connectivity index (χ1v) is 12.2. The van der Waals surface area contributed by atoms with Gasteiger partial charge >= 0.3 is 0 Å². The van der Waals surface area contributed by atoms with Crippen LogP contribution in [0.4, 0.5) is 11.6 Å². The molecule has 0 saturated heterocycles. The van der Waals surface area contributed by atoms with E-state index in [1.165, 1.54) is 17.0 Å². The van der Waals surface area contributed by atoms with Gasteiger partial charge in [-0.2, -0.15) is 10.2 Å². The van der Waals surface area contributed by atoms with Gasteiger partial charge in [-0.15, -0.1) is 0 Å². The van der Waals surface area contributed by atoms with Gasteiger partial charge in [0, 0.05) is 31.4 Å². The molecule has 0 saturated carbocycles. The van der Waals surface area contributed by atoms with Crippen LogP contribution in [0.5, 0.6) is 0 Å². The smallest absolute Gasteiger partial charge is 0.267 e. The lowest BCUT2D eigenvalue weighted by molar-refractivity contribution is 0.100. The summed E-state index contributed by atoms with van der Waals surface area (Å²) in [5.41, 5.74) is 13.5. The molecule has 3 aromatic heterocycles. The summed E-state index contributed by atoms with van der Waals surface area (Å²) in [5, 5.41) is 11.0. The van der Waals surface area contributed by atoms with E-state index in [0.717, 1.165) is 11.5 Å². The lowest BCUT2D eigenvalue weighted by atomic mass is 10.1. The van der Waals surface area contributed by atoms with E-state index < -0.39 is 5.91 Å². The number of benzene rings is 2. The number of aromatic nitrogens is 6. The van der Waals surface area contributed by atoms with E-state index in [4.69, 9.17) is 16.5 Å². The molecule has 5 rings (SSSR count). The van der Waals surface area contributed by atoms with Gasteiger partial charge in [0.2, 0.25) is 0 Å². The van der Waals surface area contributed by atoms with Crippen molar-refractivity contribution in [2.75, 3.05) is 5.73 Å². The third-order valence-corrected chi connectivity index (χ3v) is 5.72. The summed E-state index contributed by atoms with van der Waals surface area (Å²) in [6, 6.07) is 16.9. The molecule has 3 heterocycles. The van der Waals surface area contributed by atoms with Gasteiger partial charge < -0.3 is 11.5 Å². The van der Waals surface area contributed by atoms with E-state index in [-0.39, 0.29) is 16.9 Å². The molecule has 200 valence electrons. The molecule has 0 spiro atoms. The van der Waals surface area contributed by atoms with Crippen molar-refractivity contribution in [2.45, 2.75) is 13.3 Å². The number of allylic oxidation sites excluding steroid dienone is 1.